The summed E-state index contributed by atoms with van der Waals surface area (Å²) in [5.41, 5.74) is 4.53. The number of amides is 1. The van der Waals surface area contributed by atoms with Crippen molar-refractivity contribution in [2.45, 2.75) is 63.4 Å². The molecule has 1 atom stereocenters. The van der Waals surface area contributed by atoms with Crippen molar-refractivity contribution < 1.29 is 27.1 Å². The van der Waals surface area contributed by atoms with Gasteiger partial charge in [0.25, 0.3) is 0 Å². The first-order valence-corrected chi connectivity index (χ1v) is 11.2. The van der Waals surface area contributed by atoms with E-state index < -0.39 is 38.2 Å². The third-order valence-electron chi connectivity index (χ3n) is 5.08. The van der Waals surface area contributed by atoms with Crippen LogP contribution in [0, 0.1) is 11.7 Å². The Morgan fingerprint density at radius 3 is 2.59 bits per heavy atom. The second kappa shape index (κ2) is 9.21. The fourth-order valence-corrected chi connectivity index (χ4v) is 5.13. The lowest BCUT2D eigenvalue weighted by Gasteiger charge is -2.27. The number of halogens is 1. The zero-order valence-corrected chi connectivity index (χ0v) is 17.9. The highest BCUT2D eigenvalue weighted by atomic mass is 32.2. The summed E-state index contributed by atoms with van der Waals surface area (Å²) in [6.45, 7) is 5.95. The van der Waals surface area contributed by atoms with Crippen molar-refractivity contribution >= 4 is 21.9 Å². The lowest BCUT2D eigenvalue weighted by atomic mass is 9.99. The number of ether oxygens (including phenoxy) is 1. The van der Waals surface area contributed by atoms with Gasteiger partial charge in [-0.15, -0.1) is 0 Å². The molecule has 0 radical (unpaired) electrons. The van der Waals surface area contributed by atoms with E-state index in [0.717, 1.165) is 35.3 Å². The fourth-order valence-electron chi connectivity index (χ4n) is 3.55. The van der Waals surface area contributed by atoms with Crippen molar-refractivity contribution in [3.63, 3.8) is 0 Å². The van der Waals surface area contributed by atoms with Crippen molar-refractivity contribution in [3.8, 4) is 0 Å². The van der Waals surface area contributed by atoms with E-state index in [9.17, 15) is 22.4 Å². The molecule has 2 rings (SSSR count). The van der Waals surface area contributed by atoms with Crippen LogP contribution in [-0.2, 0) is 19.6 Å². The Morgan fingerprint density at radius 2 is 1.97 bits per heavy atom. The van der Waals surface area contributed by atoms with Gasteiger partial charge in [0.2, 0.25) is 15.9 Å². The molecule has 0 bridgehead atoms. The van der Waals surface area contributed by atoms with Crippen LogP contribution in [0.15, 0.2) is 23.1 Å². The zero-order valence-electron chi connectivity index (χ0n) is 17.1. The van der Waals surface area contributed by atoms with Gasteiger partial charge in [-0.05, 0) is 57.7 Å². The smallest absolute Gasteiger partial charge is 0.309 e. The quantitative estimate of drug-likeness (QED) is 0.672. The first kappa shape index (κ1) is 23.3. The van der Waals surface area contributed by atoms with Crippen molar-refractivity contribution in [2.75, 3.05) is 13.1 Å². The maximum absolute atomic E-state index is 14.2. The molecule has 1 aliphatic rings. The van der Waals surface area contributed by atoms with Crippen LogP contribution < -0.4 is 5.73 Å². The first-order valence-electron chi connectivity index (χ1n) is 9.80. The number of rotatable bonds is 7. The molecule has 1 aromatic carbocycles. The number of carbonyl (C=O) groups is 2. The maximum atomic E-state index is 14.2. The minimum Gasteiger partial charge on any atom is -0.459 e. The van der Waals surface area contributed by atoms with Crippen molar-refractivity contribution in [1.29, 1.82) is 0 Å². The highest BCUT2D eigenvalue weighted by molar-refractivity contribution is 7.89. The summed E-state index contributed by atoms with van der Waals surface area (Å²) in [6, 6.07) is 3.01. The van der Waals surface area contributed by atoms with Gasteiger partial charge >= 0.3 is 5.97 Å². The monoisotopic (exact) mass is 428 g/mol. The number of carbonyl (C=O) groups excluding carboxylic acids is 2. The predicted octanol–water partition coefficient (Wildman–Crippen LogP) is 2.84. The standard InChI is InChI=1S/C20H29FN2O5S/c1-4-10-20(2,3)28-19(25)14-6-5-11-23(12-9-14)29(26,27)17-13-15(18(22)24)7-8-16(17)21/h7-8,13-14H,4-6,9-12H2,1-3H3,(H2,22,24). The first-order chi connectivity index (χ1) is 13.5. The Hall–Kier alpha value is -2.00. The molecule has 0 aromatic heterocycles. The van der Waals surface area contributed by atoms with Crippen LogP contribution in [-0.4, -0.2) is 43.3 Å². The van der Waals surface area contributed by atoms with Gasteiger partial charge in [-0.3, -0.25) is 9.59 Å². The van der Waals surface area contributed by atoms with Crippen LogP contribution in [0.2, 0.25) is 0 Å². The summed E-state index contributed by atoms with van der Waals surface area (Å²) in [5.74, 6) is -2.52. The Kier molecular flexibility index (Phi) is 7.40. The van der Waals surface area contributed by atoms with Gasteiger partial charge < -0.3 is 10.5 Å². The van der Waals surface area contributed by atoms with E-state index in [1.807, 2.05) is 20.8 Å². The Labute approximate surface area is 171 Å². The summed E-state index contributed by atoms with van der Waals surface area (Å²) >= 11 is 0. The summed E-state index contributed by atoms with van der Waals surface area (Å²) < 4.78 is 46.9. The molecule has 1 fully saturated rings. The van der Waals surface area contributed by atoms with Crippen molar-refractivity contribution in [3.05, 3.63) is 29.6 Å². The highest BCUT2D eigenvalue weighted by Gasteiger charge is 2.34. The summed E-state index contributed by atoms with van der Waals surface area (Å²) in [6.07, 6.45) is 2.85. The van der Waals surface area contributed by atoms with Crippen molar-refractivity contribution in [1.82, 2.24) is 4.31 Å². The lowest BCUT2D eigenvalue weighted by molar-refractivity contribution is -0.162. The second-order valence-corrected chi connectivity index (χ2v) is 9.88. The van der Waals surface area contributed by atoms with E-state index in [-0.39, 0.29) is 31.0 Å². The average molecular weight is 429 g/mol. The summed E-state index contributed by atoms with van der Waals surface area (Å²) in [5, 5.41) is 0. The van der Waals surface area contributed by atoms with Crippen LogP contribution in [0.1, 0.15) is 63.2 Å². The van der Waals surface area contributed by atoms with E-state index in [4.69, 9.17) is 10.5 Å². The number of esters is 1. The van der Waals surface area contributed by atoms with Gasteiger partial charge in [-0.1, -0.05) is 13.3 Å². The molecule has 0 aliphatic carbocycles. The number of nitrogens with zero attached hydrogens (tertiary/aromatic N) is 1. The molecule has 9 heteroatoms. The molecule has 1 heterocycles. The third kappa shape index (κ3) is 5.76. The van der Waals surface area contributed by atoms with Crippen LogP contribution in [0.3, 0.4) is 0 Å². The summed E-state index contributed by atoms with van der Waals surface area (Å²) in [7, 11) is -4.17. The minimum absolute atomic E-state index is 0.0660. The molecule has 162 valence electrons. The van der Waals surface area contributed by atoms with Gasteiger partial charge in [-0.2, -0.15) is 4.31 Å². The van der Waals surface area contributed by atoms with E-state index in [2.05, 4.69) is 0 Å². The Balaban J connectivity index is 2.15. The lowest BCUT2D eigenvalue weighted by Crippen LogP contribution is -2.34. The SMILES string of the molecule is CCCC(C)(C)OC(=O)C1CCCN(S(=O)(=O)c2cc(C(N)=O)ccc2F)CC1. The number of hydrogen-bond acceptors (Lipinski definition) is 5. The van der Waals surface area contributed by atoms with E-state index >= 15 is 0 Å². The number of sulfonamides is 1. The molecule has 2 N–H and O–H groups in total. The highest BCUT2D eigenvalue weighted by Crippen LogP contribution is 2.28. The molecule has 1 aromatic rings. The van der Waals surface area contributed by atoms with Gasteiger partial charge in [0, 0.05) is 18.7 Å². The largest absolute Gasteiger partial charge is 0.459 e. The molecule has 7 nitrogen and oxygen atoms in total. The predicted molar refractivity (Wildman–Crippen MR) is 106 cm³/mol. The van der Waals surface area contributed by atoms with E-state index in [1.54, 1.807) is 0 Å². The molecule has 0 saturated carbocycles. The van der Waals surface area contributed by atoms with Gasteiger partial charge in [0.15, 0.2) is 0 Å². The zero-order chi connectivity index (χ0) is 21.8. The third-order valence-corrected chi connectivity index (χ3v) is 7.00. The fraction of sp³-hybridized carbons (Fsp3) is 0.600. The second-order valence-electron chi connectivity index (χ2n) is 7.97. The van der Waals surface area contributed by atoms with Crippen LogP contribution in [0.4, 0.5) is 4.39 Å². The van der Waals surface area contributed by atoms with Gasteiger partial charge in [0.1, 0.15) is 16.3 Å². The van der Waals surface area contributed by atoms with Crippen LogP contribution in [0.5, 0.6) is 0 Å². The van der Waals surface area contributed by atoms with Crippen LogP contribution >= 0.6 is 0 Å². The maximum Gasteiger partial charge on any atom is 0.309 e. The number of hydrogen-bond donors (Lipinski definition) is 1. The molecular weight excluding hydrogens is 399 g/mol. The molecule has 1 saturated heterocycles. The van der Waals surface area contributed by atoms with E-state index in [0.29, 0.717) is 12.8 Å². The van der Waals surface area contributed by atoms with Crippen molar-refractivity contribution in [2.24, 2.45) is 11.7 Å². The summed E-state index contributed by atoms with van der Waals surface area (Å²) in [4.78, 5) is 23.3. The van der Waals surface area contributed by atoms with Gasteiger partial charge in [0.05, 0.1) is 5.92 Å². The molecule has 1 amide bonds. The number of benzene rings is 1. The molecule has 0 spiro atoms. The van der Waals surface area contributed by atoms with E-state index in [1.165, 1.54) is 0 Å². The minimum atomic E-state index is -4.17. The number of primary amides is 1. The molecule has 1 unspecified atom stereocenters. The topological polar surface area (TPSA) is 107 Å². The van der Waals surface area contributed by atoms with Gasteiger partial charge in [-0.25, -0.2) is 12.8 Å². The Bertz CT molecular complexity index is 870. The number of nitrogens with two attached hydrogens (primary N) is 1. The molecule has 29 heavy (non-hydrogen) atoms. The molecule has 1 aliphatic heterocycles. The molecular formula is C20H29FN2O5S. The average Bonchev–Trinajstić information content (AvgIpc) is 2.88. The Morgan fingerprint density at radius 1 is 1.28 bits per heavy atom. The normalized spacial score (nSPS) is 18.8. The van der Waals surface area contributed by atoms with Crippen LogP contribution in [0.25, 0.3) is 0 Å².